The maximum Gasteiger partial charge on any atom is 0.00775 e. The first-order valence-corrected chi connectivity index (χ1v) is 11.0. The molecule has 0 heterocycles. The highest BCUT2D eigenvalue weighted by Gasteiger charge is 2.19. The molecule has 0 saturated carbocycles. The van der Waals surface area contributed by atoms with Gasteiger partial charge in [0.05, 0.1) is 0 Å². The summed E-state index contributed by atoms with van der Waals surface area (Å²) in [4.78, 5) is 0. The predicted molar refractivity (Wildman–Crippen MR) is 134 cm³/mol. The van der Waals surface area contributed by atoms with Crippen LogP contribution in [-0.4, -0.2) is 0 Å². The molecule has 0 spiro atoms. The zero-order valence-corrected chi connectivity index (χ0v) is 21.5. The molecule has 0 fully saturated rings. The van der Waals surface area contributed by atoms with Gasteiger partial charge in [-0.3, -0.25) is 0 Å². The predicted octanol–water partition coefficient (Wildman–Crippen LogP) is 8.76. The van der Waals surface area contributed by atoms with Crippen molar-refractivity contribution in [2.24, 2.45) is 21.7 Å². The fraction of sp³-hybridized carbons (Fsp3) is 0.533. The SMILES string of the molecule is CC(C)(C)C1=C=C=C(C(C)(C)C)/C=C/C=C(/C(C)(C)C)C#C/C(C(C)(C)C)=C\C=C\1. The normalized spacial score (nSPS) is 22.3. The molecule has 0 bridgehead atoms. The third kappa shape index (κ3) is 8.28. The first-order valence-electron chi connectivity index (χ1n) is 11.0. The molecular formula is C30H42. The standard InChI is InChI=1S/C30H42/c1-27(2,3)23-15-13-16-25(29(7,8)9)21-22-26(30(10,11)12)18-14-17-24(20-19-23)28(4,5)6/h13-18H,1-12H3/b15-13+,16-13?,17-14+,18-14?,23-15?,24-17?,25-16+,26-18+. The van der Waals surface area contributed by atoms with Gasteiger partial charge in [0, 0.05) is 22.3 Å². The summed E-state index contributed by atoms with van der Waals surface area (Å²) < 4.78 is 0. The number of hydrogen-bond donors (Lipinski definition) is 0. The molecule has 0 saturated heterocycles. The van der Waals surface area contributed by atoms with E-state index in [0.717, 1.165) is 22.3 Å². The van der Waals surface area contributed by atoms with Gasteiger partial charge in [-0.1, -0.05) is 143 Å². The summed E-state index contributed by atoms with van der Waals surface area (Å²) in [6.07, 6.45) is 12.8. The fourth-order valence-electron chi connectivity index (χ4n) is 2.67. The fourth-order valence-corrected chi connectivity index (χ4v) is 2.67. The summed E-state index contributed by atoms with van der Waals surface area (Å²) >= 11 is 0. The van der Waals surface area contributed by atoms with E-state index in [4.69, 9.17) is 0 Å². The maximum atomic E-state index is 3.47. The molecule has 30 heavy (non-hydrogen) atoms. The molecule has 0 aromatic carbocycles. The number of allylic oxidation sites excluding steroid dienone is 10. The van der Waals surface area contributed by atoms with Crippen molar-refractivity contribution in [1.29, 1.82) is 0 Å². The largest absolute Gasteiger partial charge is 0.0659 e. The van der Waals surface area contributed by atoms with Gasteiger partial charge in [-0.05, 0) is 21.7 Å². The Balaban J connectivity index is 3.96. The van der Waals surface area contributed by atoms with Crippen LogP contribution in [0.1, 0.15) is 83.1 Å². The molecule has 0 heteroatoms. The highest BCUT2D eigenvalue weighted by Crippen LogP contribution is 2.30. The maximum absolute atomic E-state index is 3.47. The molecule has 0 aliphatic heterocycles. The van der Waals surface area contributed by atoms with Gasteiger partial charge in [-0.15, -0.1) is 0 Å². The molecule has 162 valence electrons. The van der Waals surface area contributed by atoms with Crippen LogP contribution in [0, 0.1) is 33.5 Å². The quantitative estimate of drug-likeness (QED) is 0.280. The van der Waals surface area contributed by atoms with Crippen molar-refractivity contribution in [3.63, 3.8) is 0 Å². The first kappa shape index (κ1) is 25.9. The van der Waals surface area contributed by atoms with Crippen LogP contribution in [0.15, 0.2) is 70.2 Å². The lowest BCUT2D eigenvalue weighted by Crippen LogP contribution is -2.10. The van der Waals surface area contributed by atoms with Gasteiger partial charge in [-0.25, -0.2) is 0 Å². The third-order valence-electron chi connectivity index (χ3n) is 4.95. The number of hydrogen-bond acceptors (Lipinski definition) is 0. The van der Waals surface area contributed by atoms with Crippen molar-refractivity contribution < 1.29 is 0 Å². The Morgan fingerprint density at radius 1 is 0.467 bits per heavy atom. The molecule has 1 rings (SSSR count). The van der Waals surface area contributed by atoms with E-state index in [2.05, 4.69) is 143 Å². The van der Waals surface area contributed by atoms with Gasteiger partial charge >= 0.3 is 0 Å². The minimum Gasteiger partial charge on any atom is -0.0659 e. The van der Waals surface area contributed by atoms with Crippen LogP contribution < -0.4 is 0 Å². The van der Waals surface area contributed by atoms with E-state index in [0.29, 0.717) is 0 Å². The second-order valence-corrected chi connectivity index (χ2v) is 12.2. The summed E-state index contributed by atoms with van der Waals surface area (Å²) in [5.41, 5.74) is 11.4. The van der Waals surface area contributed by atoms with E-state index in [1.807, 2.05) is 0 Å². The summed E-state index contributed by atoms with van der Waals surface area (Å²) in [7, 11) is 0. The average molecular weight is 403 g/mol. The Kier molecular flexibility index (Phi) is 8.03. The summed E-state index contributed by atoms with van der Waals surface area (Å²) in [6.45, 7) is 26.5. The molecule has 1 aliphatic rings. The van der Waals surface area contributed by atoms with E-state index in [1.165, 1.54) is 0 Å². The molecule has 0 amide bonds. The summed E-state index contributed by atoms with van der Waals surface area (Å²) in [5.74, 6) is 6.94. The van der Waals surface area contributed by atoms with Crippen molar-refractivity contribution >= 4 is 0 Å². The van der Waals surface area contributed by atoms with Gasteiger partial charge in [-0.2, -0.15) is 0 Å². The van der Waals surface area contributed by atoms with Crippen LogP contribution in [0.5, 0.6) is 0 Å². The zero-order valence-electron chi connectivity index (χ0n) is 21.5. The smallest absolute Gasteiger partial charge is 0.00775 e. The van der Waals surface area contributed by atoms with Gasteiger partial charge < -0.3 is 0 Å². The van der Waals surface area contributed by atoms with E-state index < -0.39 is 0 Å². The van der Waals surface area contributed by atoms with Crippen LogP contribution >= 0.6 is 0 Å². The Bertz CT molecular complexity index is 839. The second-order valence-electron chi connectivity index (χ2n) is 12.2. The lowest BCUT2D eigenvalue weighted by Gasteiger charge is -2.21. The Morgan fingerprint density at radius 2 is 0.767 bits per heavy atom. The highest BCUT2D eigenvalue weighted by molar-refractivity contribution is 5.46. The zero-order chi connectivity index (χ0) is 23.4. The first-order chi connectivity index (χ1) is 13.4. The molecule has 0 unspecified atom stereocenters. The Morgan fingerprint density at radius 3 is 1.00 bits per heavy atom. The van der Waals surface area contributed by atoms with Crippen molar-refractivity contribution in [2.45, 2.75) is 83.1 Å². The molecule has 0 atom stereocenters. The molecule has 0 radical (unpaired) electrons. The van der Waals surface area contributed by atoms with Crippen molar-refractivity contribution in [2.75, 3.05) is 0 Å². The van der Waals surface area contributed by atoms with Crippen molar-refractivity contribution in [3.05, 3.63) is 70.2 Å². The second kappa shape index (κ2) is 9.31. The van der Waals surface area contributed by atoms with E-state index in [1.54, 1.807) is 0 Å². The third-order valence-corrected chi connectivity index (χ3v) is 4.95. The van der Waals surface area contributed by atoms with Gasteiger partial charge in [0.25, 0.3) is 0 Å². The molecule has 0 aromatic heterocycles. The van der Waals surface area contributed by atoms with Crippen LogP contribution in [0.25, 0.3) is 0 Å². The van der Waals surface area contributed by atoms with Gasteiger partial charge in [0.2, 0.25) is 0 Å². The molecule has 0 N–H and O–H groups in total. The van der Waals surface area contributed by atoms with Crippen LogP contribution in [0.3, 0.4) is 0 Å². The average Bonchev–Trinajstić information content (AvgIpc) is 2.51. The van der Waals surface area contributed by atoms with Gasteiger partial charge in [0.1, 0.15) is 0 Å². The minimum absolute atomic E-state index is 0.0198. The molecule has 0 nitrogen and oxygen atoms in total. The lowest BCUT2D eigenvalue weighted by molar-refractivity contribution is 0.513. The Labute approximate surface area is 186 Å². The summed E-state index contributed by atoms with van der Waals surface area (Å²) in [5, 5.41) is 0. The van der Waals surface area contributed by atoms with Gasteiger partial charge in [0.15, 0.2) is 0 Å². The van der Waals surface area contributed by atoms with E-state index in [-0.39, 0.29) is 21.7 Å². The Hall–Kier alpha value is -2.18. The minimum atomic E-state index is -0.0198. The van der Waals surface area contributed by atoms with Crippen molar-refractivity contribution in [1.82, 2.24) is 0 Å². The van der Waals surface area contributed by atoms with Crippen LogP contribution in [0.2, 0.25) is 0 Å². The van der Waals surface area contributed by atoms with E-state index in [9.17, 15) is 0 Å². The van der Waals surface area contributed by atoms with Crippen molar-refractivity contribution in [3.8, 4) is 11.8 Å². The summed E-state index contributed by atoms with van der Waals surface area (Å²) in [6, 6.07) is 0. The highest BCUT2D eigenvalue weighted by atomic mass is 14.2. The molecule has 1 aliphatic carbocycles. The van der Waals surface area contributed by atoms with E-state index >= 15 is 0 Å². The van der Waals surface area contributed by atoms with Crippen LogP contribution in [0.4, 0.5) is 0 Å². The lowest BCUT2D eigenvalue weighted by atomic mass is 9.82. The molecule has 0 aromatic rings. The monoisotopic (exact) mass is 402 g/mol. The van der Waals surface area contributed by atoms with Crippen LogP contribution in [-0.2, 0) is 0 Å². The topological polar surface area (TPSA) is 0 Å². The number of rotatable bonds is 0. The molecular weight excluding hydrogens is 360 g/mol.